The fraction of sp³-hybridized carbons (Fsp3) is 0. The second-order valence-corrected chi connectivity index (χ2v) is 3.69. The predicted molar refractivity (Wildman–Crippen MR) is 43.8 cm³/mol. The minimum absolute atomic E-state index is 1.82. The molecule has 0 spiro atoms. The number of carboxylic acids is 2. The van der Waals surface area contributed by atoms with Crippen molar-refractivity contribution >= 4 is 27.6 Å². The summed E-state index contributed by atoms with van der Waals surface area (Å²) in [6.07, 6.45) is 0. The SMILES string of the molecule is O=C(O)C(=O)O.O=P(O)(O)O.O=P(O)(O)O. The molecule has 98 valence electrons. The van der Waals surface area contributed by atoms with E-state index in [4.69, 9.17) is 58.3 Å². The Hall–Kier alpha value is -0.840. The minimum atomic E-state index is -4.64. The van der Waals surface area contributed by atoms with Gasteiger partial charge < -0.3 is 39.6 Å². The van der Waals surface area contributed by atoms with Gasteiger partial charge in [-0.05, 0) is 0 Å². The first-order valence-corrected chi connectivity index (χ1v) is 5.80. The third-order valence-electron chi connectivity index (χ3n) is 0.183. The van der Waals surface area contributed by atoms with Gasteiger partial charge in [0.25, 0.3) is 0 Å². The van der Waals surface area contributed by atoms with E-state index in [1.165, 1.54) is 0 Å². The molecule has 8 N–H and O–H groups in total. The molecule has 0 atom stereocenters. The number of carboxylic acid groups (broad SMARTS) is 2. The van der Waals surface area contributed by atoms with Crippen LogP contribution in [0.5, 0.6) is 0 Å². The van der Waals surface area contributed by atoms with E-state index in [0.717, 1.165) is 0 Å². The molecule has 0 aliphatic carbocycles. The van der Waals surface area contributed by atoms with E-state index in [2.05, 4.69) is 0 Å². The minimum Gasteiger partial charge on any atom is -0.473 e. The molecule has 12 nitrogen and oxygen atoms in total. The first-order chi connectivity index (χ1) is 6.64. The Bertz CT molecular complexity index is 256. The smallest absolute Gasteiger partial charge is 0.466 e. The van der Waals surface area contributed by atoms with E-state index in [9.17, 15) is 0 Å². The molecule has 0 heterocycles. The molecule has 0 radical (unpaired) electrons. The third-order valence-corrected chi connectivity index (χ3v) is 0.183. The Morgan fingerprint density at radius 1 is 0.625 bits per heavy atom. The van der Waals surface area contributed by atoms with E-state index in [1.54, 1.807) is 0 Å². The number of phosphoric acid groups is 2. The summed E-state index contributed by atoms with van der Waals surface area (Å²) < 4.78 is 17.8. The molecule has 0 aromatic rings. The van der Waals surface area contributed by atoms with Crippen molar-refractivity contribution in [2.75, 3.05) is 0 Å². The van der Waals surface area contributed by atoms with Crippen LogP contribution in [0.1, 0.15) is 0 Å². The van der Waals surface area contributed by atoms with E-state index in [1.807, 2.05) is 0 Å². The van der Waals surface area contributed by atoms with Crippen LogP contribution in [-0.2, 0) is 18.7 Å². The van der Waals surface area contributed by atoms with Gasteiger partial charge in [0.05, 0.1) is 0 Å². The van der Waals surface area contributed by atoms with Crippen molar-refractivity contribution in [2.45, 2.75) is 0 Å². The molecule has 0 saturated carbocycles. The van der Waals surface area contributed by atoms with Crippen LogP contribution in [0.4, 0.5) is 0 Å². The van der Waals surface area contributed by atoms with Crippen molar-refractivity contribution in [2.24, 2.45) is 0 Å². The maximum Gasteiger partial charge on any atom is 0.466 e. The molecular weight excluding hydrogens is 278 g/mol. The first kappa shape index (κ1) is 20.6. The molecule has 0 saturated heterocycles. The van der Waals surface area contributed by atoms with Crippen LogP contribution in [0.25, 0.3) is 0 Å². The van der Waals surface area contributed by atoms with Gasteiger partial charge in [-0.3, -0.25) is 0 Å². The summed E-state index contributed by atoms with van der Waals surface area (Å²) in [7, 11) is -9.28. The Morgan fingerprint density at radius 3 is 0.688 bits per heavy atom. The summed E-state index contributed by atoms with van der Waals surface area (Å²) in [6, 6.07) is 0. The Kier molecular flexibility index (Phi) is 10.7. The highest BCUT2D eigenvalue weighted by Gasteiger charge is 2.04. The lowest BCUT2D eigenvalue weighted by Crippen LogP contribution is -2.09. The van der Waals surface area contributed by atoms with Crippen molar-refractivity contribution in [1.82, 2.24) is 0 Å². The molecular formula is C2H8O12P2. The molecule has 0 aromatic heterocycles. The quantitative estimate of drug-likeness (QED) is 0.168. The topological polar surface area (TPSA) is 230 Å². The van der Waals surface area contributed by atoms with Gasteiger partial charge in [0, 0.05) is 0 Å². The van der Waals surface area contributed by atoms with Crippen LogP contribution in [0, 0.1) is 0 Å². The van der Waals surface area contributed by atoms with E-state index in [0.29, 0.717) is 0 Å². The zero-order valence-corrected chi connectivity index (χ0v) is 8.89. The van der Waals surface area contributed by atoms with Gasteiger partial charge >= 0.3 is 27.6 Å². The highest BCUT2D eigenvalue weighted by atomic mass is 31.2. The fourth-order valence-corrected chi connectivity index (χ4v) is 0. The molecule has 14 heteroatoms. The fourth-order valence-electron chi connectivity index (χ4n) is 0. The molecule has 16 heavy (non-hydrogen) atoms. The Balaban J connectivity index is -0.000000160. The maximum atomic E-state index is 9.10. The summed E-state index contributed by atoms with van der Waals surface area (Å²) in [5.41, 5.74) is 0. The molecule has 0 aliphatic heterocycles. The zero-order valence-electron chi connectivity index (χ0n) is 7.11. The number of carbonyl (C=O) groups is 2. The molecule has 0 fully saturated rings. The van der Waals surface area contributed by atoms with Crippen LogP contribution in [-0.4, -0.2) is 51.5 Å². The van der Waals surface area contributed by atoms with Gasteiger partial charge in [-0.15, -0.1) is 0 Å². The standard InChI is InChI=1S/C2H2O4.2H3O4P/c3-1(4)2(5)6;2*1-5(2,3)4/h(H,3,4)(H,5,6);2*(H3,1,2,3,4). The van der Waals surface area contributed by atoms with Crippen molar-refractivity contribution in [1.29, 1.82) is 0 Å². The van der Waals surface area contributed by atoms with Gasteiger partial charge in [-0.2, -0.15) is 0 Å². The number of hydrogen-bond acceptors (Lipinski definition) is 4. The number of rotatable bonds is 0. The van der Waals surface area contributed by atoms with Crippen LogP contribution >= 0.6 is 15.6 Å². The van der Waals surface area contributed by atoms with Crippen LogP contribution < -0.4 is 0 Å². The summed E-state index contributed by atoms with van der Waals surface area (Å²) in [5, 5.41) is 14.8. The largest absolute Gasteiger partial charge is 0.473 e. The lowest BCUT2D eigenvalue weighted by molar-refractivity contribution is -0.159. The molecule has 0 bridgehead atoms. The molecule has 0 rings (SSSR count). The first-order valence-electron chi connectivity index (χ1n) is 2.67. The Morgan fingerprint density at radius 2 is 0.688 bits per heavy atom. The van der Waals surface area contributed by atoms with Crippen LogP contribution in [0.15, 0.2) is 0 Å². The van der Waals surface area contributed by atoms with Crippen LogP contribution in [0.3, 0.4) is 0 Å². The van der Waals surface area contributed by atoms with Gasteiger partial charge in [-0.1, -0.05) is 0 Å². The number of aliphatic carboxylic acids is 2. The number of hydrogen-bond donors (Lipinski definition) is 8. The second kappa shape index (κ2) is 8.33. The monoisotopic (exact) mass is 286 g/mol. The molecule has 0 aromatic carbocycles. The summed E-state index contributed by atoms with van der Waals surface area (Å²) in [5.74, 6) is -3.65. The van der Waals surface area contributed by atoms with E-state index >= 15 is 0 Å². The van der Waals surface area contributed by atoms with Gasteiger partial charge in [0.2, 0.25) is 0 Å². The third kappa shape index (κ3) is 195. The van der Waals surface area contributed by atoms with Crippen molar-refractivity contribution < 1.29 is 58.3 Å². The molecule has 0 amide bonds. The zero-order chi connectivity index (χ0) is 14.2. The van der Waals surface area contributed by atoms with Crippen molar-refractivity contribution in [3.05, 3.63) is 0 Å². The average Bonchev–Trinajstić information content (AvgIpc) is 1.77. The summed E-state index contributed by atoms with van der Waals surface area (Å²) >= 11 is 0. The lowest BCUT2D eigenvalue weighted by Gasteiger charge is -1.82. The van der Waals surface area contributed by atoms with E-state index < -0.39 is 27.6 Å². The maximum absolute atomic E-state index is 9.10. The van der Waals surface area contributed by atoms with Crippen molar-refractivity contribution in [3.8, 4) is 0 Å². The summed E-state index contributed by atoms with van der Waals surface area (Å²) in [6.45, 7) is 0. The Labute approximate surface area is 86.9 Å². The normalized spacial score (nSPS) is 10.1. The lowest BCUT2D eigenvalue weighted by atomic mass is 10.7. The average molecular weight is 286 g/mol. The highest BCUT2D eigenvalue weighted by Crippen LogP contribution is 2.26. The predicted octanol–water partition coefficient (Wildman–Crippen LogP) is -2.70. The second-order valence-electron chi connectivity index (χ2n) is 1.64. The van der Waals surface area contributed by atoms with Gasteiger partial charge in [0.15, 0.2) is 0 Å². The van der Waals surface area contributed by atoms with Gasteiger partial charge in [-0.25, -0.2) is 18.7 Å². The van der Waals surface area contributed by atoms with Crippen LogP contribution in [0.2, 0.25) is 0 Å². The molecule has 0 unspecified atom stereocenters. The molecule has 0 aliphatic rings. The summed E-state index contributed by atoms with van der Waals surface area (Å²) in [4.78, 5) is 61.3. The van der Waals surface area contributed by atoms with Crippen molar-refractivity contribution in [3.63, 3.8) is 0 Å². The van der Waals surface area contributed by atoms with E-state index in [-0.39, 0.29) is 0 Å². The highest BCUT2D eigenvalue weighted by molar-refractivity contribution is 7.45. The van der Waals surface area contributed by atoms with Gasteiger partial charge in [0.1, 0.15) is 0 Å².